The number of hydrogen-bond donors (Lipinski definition) is 0. The molecule has 0 amide bonds. The molecule has 1 aliphatic rings. The summed E-state index contributed by atoms with van der Waals surface area (Å²) in [7, 11) is 0. The first kappa shape index (κ1) is 19.7. The summed E-state index contributed by atoms with van der Waals surface area (Å²) in [5.41, 5.74) is 0.411. The van der Waals surface area contributed by atoms with Crippen LogP contribution >= 0.6 is 0 Å². The number of ether oxygens (including phenoxy) is 1. The summed E-state index contributed by atoms with van der Waals surface area (Å²) in [6, 6.07) is 1.94. The van der Waals surface area contributed by atoms with E-state index in [0.717, 1.165) is 57.1 Å². The summed E-state index contributed by atoms with van der Waals surface area (Å²) in [6.07, 6.45) is 5.88. The van der Waals surface area contributed by atoms with Gasteiger partial charge in [0.1, 0.15) is 0 Å². The fraction of sp³-hybridized carbons (Fsp3) is 0.579. The van der Waals surface area contributed by atoms with Gasteiger partial charge in [-0.15, -0.1) is 13.2 Å². The van der Waals surface area contributed by atoms with Crippen LogP contribution in [-0.4, -0.2) is 6.36 Å². The highest BCUT2D eigenvalue weighted by molar-refractivity contribution is 5.33. The van der Waals surface area contributed by atoms with Crippen molar-refractivity contribution in [2.75, 3.05) is 0 Å². The van der Waals surface area contributed by atoms with Crippen LogP contribution in [0.15, 0.2) is 24.3 Å². The summed E-state index contributed by atoms with van der Waals surface area (Å²) in [6.45, 7) is 2.09. The third-order valence-electron chi connectivity index (χ3n) is 4.70. The SMILES string of the molecule is CC/C=C/CCC1CCC(c2cc(F)c(OC(F)(F)F)c(F)c2)CC1. The Bertz CT molecular complexity index is 563. The van der Waals surface area contributed by atoms with Crippen LogP contribution in [0.5, 0.6) is 5.75 Å². The molecule has 25 heavy (non-hydrogen) atoms. The van der Waals surface area contributed by atoms with Gasteiger partial charge >= 0.3 is 6.36 Å². The molecule has 0 aromatic heterocycles. The minimum absolute atomic E-state index is 0.0219. The van der Waals surface area contributed by atoms with E-state index in [4.69, 9.17) is 0 Å². The Balaban J connectivity index is 1.96. The maximum Gasteiger partial charge on any atom is 0.573 e. The fourth-order valence-electron chi connectivity index (χ4n) is 3.43. The molecule has 1 aromatic carbocycles. The summed E-state index contributed by atoms with van der Waals surface area (Å²) in [4.78, 5) is 0. The van der Waals surface area contributed by atoms with Gasteiger partial charge in [-0.2, -0.15) is 0 Å². The second-order valence-electron chi connectivity index (χ2n) is 6.54. The summed E-state index contributed by atoms with van der Waals surface area (Å²) in [5.74, 6) is -3.42. The molecule has 1 fully saturated rings. The molecule has 2 rings (SSSR count). The molecule has 0 aliphatic heterocycles. The monoisotopic (exact) mass is 362 g/mol. The first-order chi connectivity index (χ1) is 11.8. The molecule has 0 unspecified atom stereocenters. The number of halogens is 5. The Kier molecular flexibility index (Phi) is 6.85. The molecule has 0 spiro atoms. The summed E-state index contributed by atoms with van der Waals surface area (Å²) in [5, 5.41) is 0. The normalized spacial score (nSPS) is 21.7. The van der Waals surface area contributed by atoms with Crippen molar-refractivity contribution in [1.82, 2.24) is 0 Å². The number of allylic oxidation sites excluding steroid dienone is 2. The van der Waals surface area contributed by atoms with Crippen molar-refractivity contribution in [3.63, 3.8) is 0 Å². The van der Waals surface area contributed by atoms with E-state index in [0.29, 0.717) is 11.5 Å². The molecular formula is C19H23F5O. The number of alkyl halides is 3. The van der Waals surface area contributed by atoms with Crippen LogP contribution in [0.3, 0.4) is 0 Å². The van der Waals surface area contributed by atoms with E-state index < -0.39 is 23.7 Å². The molecule has 1 aromatic rings. The van der Waals surface area contributed by atoms with Gasteiger partial charge in [0.25, 0.3) is 0 Å². The summed E-state index contributed by atoms with van der Waals surface area (Å²) >= 11 is 0. The predicted molar refractivity (Wildman–Crippen MR) is 86.4 cm³/mol. The first-order valence-electron chi connectivity index (χ1n) is 8.69. The Morgan fingerprint density at radius 1 is 1.04 bits per heavy atom. The molecule has 0 bridgehead atoms. The maximum atomic E-state index is 13.8. The van der Waals surface area contributed by atoms with Gasteiger partial charge in [-0.05, 0) is 74.5 Å². The van der Waals surface area contributed by atoms with Gasteiger partial charge in [-0.25, -0.2) is 8.78 Å². The highest BCUT2D eigenvalue weighted by atomic mass is 19.4. The average Bonchev–Trinajstić information content (AvgIpc) is 2.54. The lowest BCUT2D eigenvalue weighted by Crippen LogP contribution is -2.19. The molecule has 1 saturated carbocycles. The third-order valence-corrected chi connectivity index (χ3v) is 4.70. The van der Waals surface area contributed by atoms with Crippen molar-refractivity contribution < 1.29 is 26.7 Å². The van der Waals surface area contributed by atoms with Crippen molar-refractivity contribution in [2.45, 2.75) is 64.1 Å². The number of rotatable bonds is 6. The molecule has 1 nitrogen and oxygen atoms in total. The Morgan fingerprint density at radius 3 is 2.16 bits per heavy atom. The number of hydrogen-bond acceptors (Lipinski definition) is 1. The highest BCUT2D eigenvalue weighted by Gasteiger charge is 2.34. The molecular weight excluding hydrogens is 339 g/mol. The quantitative estimate of drug-likeness (QED) is 0.396. The molecule has 0 N–H and O–H groups in total. The lowest BCUT2D eigenvalue weighted by Gasteiger charge is -2.29. The Labute approximate surface area is 144 Å². The van der Waals surface area contributed by atoms with Gasteiger partial charge in [0.15, 0.2) is 11.6 Å². The predicted octanol–water partition coefficient (Wildman–Crippen LogP) is 6.88. The van der Waals surface area contributed by atoms with E-state index in [1.165, 1.54) is 0 Å². The van der Waals surface area contributed by atoms with Gasteiger partial charge in [0.05, 0.1) is 0 Å². The van der Waals surface area contributed by atoms with E-state index in [-0.39, 0.29) is 5.92 Å². The minimum Gasteiger partial charge on any atom is -0.399 e. The third kappa shape index (κ3) is 6.01. The topological polar surface area (TPSA) is 9.23 Å². The van der Waals surface area contributed by atoms with Crippen LogP contribution in [0.25, 0.3) is 0 Å². The van der Waals surface area contributed by atoms with Crippen LogP contribution in [-0.2, 0) is 0 Å². The van der Waals surface area contributed by atoms with E-state index in [2.05, 4.69) is 23.8 Å². The smallest absolute Gasteiger partial charge is 0.399 e. The summed E-state index contributed by atoms with van der Waals surface area (Å²) < 4.78 is 67.7. The van der Waals surface area contributed by atoms with Crippen LogP contribution in [0.4, 0.5) is 22.0 Å². The molecule has 140 valence electrons. The minimum atomic E-state index is -5.12. The molecule has 0 atom stereocenters. The van der Waals surface area contributed by atoms with Gasteiger partial charge in [0.2, 0.25) is 5.75 Å². The lowest BCUT2D eigenvalue weighted by atomic mass is 9.77. The number of benzene rings is 1. The lowest BCUT2D eigenvalue weighted by molar-refractivity contribution is -0.276. The van der Waals surface area contributed by atoms with E-state index in [9.17, 15) is 22.0 Å². The molecule has 0 saturated heterocycles. The largest absolute Gasteiger partial charge is 0.573 e. The van der Waals surface area contributed by atoms with Crippen LogP contribution < -0.4 is 4.74 Å². The van der Waals surface area contributed by atoms with E-state index >= 15 is 0 Å². The van der Waals surface area contributed by atoms with Crippen LogP contribution in [0.1, 0.15) is 63.4 Å². The Morgan fingerprint density at radius 2 is 1.64 bits per heavy atom. The van der Waals surface area contributed by atoms with Gasteiger partial charge in [-0.1, -0.05) is 19.1 Å². The average molecular weight is 362 g/mol. The molecule has 1 aliphatic carbocycles. The van der Waals surface area contributed by atoms with Crippen molar-refractivity contribution in [1.29, 1.82) is 0 Å². The first-order valence-corrected chi connectivity index (χ1v) is 8.69. The molecule has 0 radical (unpaired) electrons. The van der Waals surface area contributed by atoms with Crippen molar-refractivity contribution in [2.24, 2.45) is 5.92 Å². The van der Waals surface area contributed by atoms with Gasteiger partial charge in [0, 0.05) is 0 Å². The van der Waals surface area contributed by atoms with Crippen molar-refractivity contribution in [3.05, 3.63) is 41.5 Å². The van der Waals surface area contributed by atoms with Gasteiger partial charge < -0.3 is 4.74 Å². The van der Waals surface area contributed by atoms with Gasteiger partial charge in [-0.3, -0.25) is 0 Å². The van der Waals surface area contributed by atoms with Crippen molar-refractivity contribution in [3.8, 4) is 5.75 Å². The highest BCUT2D eigenvalue weighted by Crippen LogP contribution is 2.39. The molecule has 0 heterocycles. The standard InChI is InChI=1S/C19H23F5O/c1-2-3-4-5-6-13-7-9-14(10-8-13)15-11-16(20)18(17(21)12-15)25-19(22,23)24/h3-4,11-14H,2,5-10H2,1H3/b4-3+. The second kappa shape index (κ2) is 8.68. The van der Waals surface area contributed by atoms with E-state index in [1.807, 2.05) is 0 Å². The Hall–Kier alpha value is -1.59. The molecule has 6 heteroatoms. The second-order valence-corrected chi connectivity index (χ2v) is 6.54. The zero-order valence-corrected chi connectivity index (χ0v) is 14.2. The fourth-order valence-corrected chi connectivity index (χ4v) is 3.43. The van der Waals surface area contributed by atoms with Crippen molar-refractivity contribution >= 4 is 0 Å². The van der Waals surface area contributed by atoms with E-state index in [1.54, 1.807) is 0 Å². The van der Waals surface area contributed by atoms with Crippen LogP contribution in [0.2, 0.25) is 0 Å². The maximum absolute atomic E-state index is 13.8. The zero-order chi connectivity index (χ0) is 18.4. The van der Waals surface area contributed by atoms with Crippen LogP contribution in [0, 0.1) is 17.6 Å². The zero-order valence-electron chi connectivity index (χ0n) is 14.2.